The molecule has 0 aromatic rings. The first kappa shape index (κ1) is 13.2. The molecule has 0 spiro atoms. The summed E-state index contributed by atoms with van der Waals surface area (Å²) in [5.41, 5.74) is 0. The number of hydrogen-bond acceptors (Lipinski definition) is 2. The monoisotopic (exact) mass is 215 g/mol. The summed E-state index contributed by atoms with van der Waals surface area (Å²) in [6.45, 7) is 11.9. The van der Waals surface area contributed by atoms with Gasteiger partial charge >= 0.3 is 0 Å². The van der Waals surface area contributed by atoms with Gasteiger partial charge in [-0.2, -0.15) is 0 Å². The van der Waals surface area contributed by atoms with Gasteiger partial charge in [-0.25, -0.2) is 0 Å². The number of hydrogen-bond donors (Lipinski definition) is 0. The predicted molar refractivity (Wildman–Crippen MR) is 61.2 cm³/mol. The second-order valence-corrected chi connectivity index (χ2v) is 8.74. The summed E-state index contributed by atoms with van der Waals surface area (Å²) in [6.07, 6.45) is 1.40. The molecule has 0 rings (SSSR count). The van der Waals surface area contributed by atoms with Crippen molar-refractivity contribution < 1.29 is 9.22 Å². The molecule has 0 radical (unpaired) electrons. The van der Waals surface area contributed by atoms with Crippen LogP contribution in [0.2, 0.25) is 19.6 Å². The summed E-state index contributed by atoms with van der Waals surface area (Å²) in [6, 6.07) is 0. The molecule has 0 N–H and O–H groups in total. The highest BCUT2D eigenvalue weighted by Gasteiger charge is 2.20. The van der Waals surface area contributed by atoms with Crippen molar-refractivity contribution in [1.82, 2.24) is 4.90 Å². The summed E-state index contributed by atoms with van der Waals surface area (Å²) in [4.78, 5) is 13.0. The van der Waals surface area contributed by atoms with E-state index in [4.69, 9.17) is 4.43 Å². The SMILES string of the molecule is C=C(O[Si](C)(C)C)N(C)C(=O)CCC. The van der Waals surface area contributed by atoms with Crippen LogP contribution in [0.4, 0.5) is 0 Å². The maximum Gasteiger partial charge on any atom is 0.244 e. The topological polar surface area (TPSA) is 29.5 Å². The van der Waals surface area contributed by atoms with E-state index in [0.29, 0.717) is 12.3 Å². The first-order valence-electron chi connectivity index (χ1n) is 4.92. The largest absolute Gasteiger partial charge is 0.533 e. The molecule has 82 valence electrons. The van der Waals surface area contributed by atoms with E-state index in [1.807, 2.05) is 6.92 Å². The Labute approximate surface area is 87.9 Å². The summed E-state index contributed by atoms with van der Waals surface area (Å²) < 4.78 is 5.62. The standard InChI is InChI=1S/C10H21NO2Si/c1-7-8-10(12)11(3)9(2)13-14(4,5)6/h2,7-8H2,1,3-6H3. The van der Waals surface area contributed by atoms with E-state index < -0.39 is 8.32 Å². The Morgan fingerprint density at radius 2 is 1.93 bits per heavy atom. The van der Waals surface area contributed by atoms with Crippen LogP contribution in [0.1, 0.15) is 19.8 Å². The van der Waals surface area contributed by atoms with Gasteiger partial charge in [0.05, 0.1) is 0 Å². The summed E-state index contributed by atoms with van der Waals surface area (Å²) in [7, 11) is 0.0635. The Hall–Kier alpha value is -0.773. The molecule has 3 nitrogen and oxygen atoms in total. The molecule has 1 amide bonds. The van der Waals surface area contributed by atoms with E-state index >= 15 is 0 Å². The van der Waals surface area contributed by atoms with Crippen molar-refractivity contribution in [3.8, 4) is 0 Å². The van der Waals surface area contributed by atoms with Crippen molar-refractivity contribution in [2.75, 3.05) is 7.05 Å². The molecule has 0 heterocycles. The zero-order valence-electron chi connectivity index (χ0n) is 9.89. The molecule has 0 aliphatic heterocycles. The van der Waals surface area contributed by atoms with E-state index in [2.05, 4.69) is 26.2 Å². The normalized spacial score (nSPS) is 10.9. The van der Waals surface area contributed by atoms with Crippen LogP contribution in [-0.2, 0) is 9.22 Å². The zero-order chi connectivity index (χ0) is 11.4. The number of amides is 1. The maximum atomic E-state index is 11.5. The molecule has 0 bridgehead atoms. The van der Waals surface area contributed by atoms with Crippen LogP contribution in [0, 0.1) is 0 Å². The van der Waals surface area contributed by atoms with Crippen molar-refractivity contribution >= 4 is 14.2 Å². The van der Waals surface area contributed by atoms with Gasteiger partial charge in [0, 0.05) is 13.5 Å². The third-order valence-electron chi connectivity index (χ3n) is 1.64. The second kappa shape index (κ2) is 5.19. The highest BCUT2D eigenvalue weighted by atomic mass is 28.4. The average Bonchev–Trinajstić information content (AvgIpc) is 2.00. The second-order valence-electron chi connectivity index (χ2n) is 4.31. The lowest BCUT2D eigenvalue weighted by Gasteiger charge is -2.26. The molecule has 0 aliphatic rings. The van der Waals surface area contributed by atoms with Gasteiger partial charge in [-0.3, -0.25) is 9.69 Å². The number of nitrogens with zero attached hydrogens (tertiary/aromatic N) is 1. The minimum Gasteiger partial charge on any atom is -0.533 e. The first-order chi connectivity index (χ1) is 6.28. The van der Waals surface area contributed by atoms with Gasteiger partial charge in [0.2, 0.25) is 14.2 Å². The van der Waals surface area contributed by atoms with E-state index in [1.165, 1.54) is 4.90 Å². The Balaban J connectivity index is 4.19. The molecule has 0 saturated heterocycles. The Bertz CT molecular complexity index is 221. The van der Waals surface area contributed by atoms with Gasteiger partial charge in [-0.05, 0) is 32.6 Å². The summed E-state index contributed by atoms with van der Waals surface area (Å²) in [5.74, 6) is 0.540. The minimum atomic E-state index is -1.65. The Kier molecular flexibility index (Phi) is 4.91. The lowest BCUT2D eigenvalue weighted by Crippen LogP contribution is -2.33. The molecule has 0 aromatic carbocycles. The lowest BCUT2D eigenvalue weighted by atomic mass is 10.3. The predicted octanol–water partition coefficient (Wildman–Crippen LogP) is 2.57. The third-order valence-corrected chi connectivity index (χ3v) is 2.48. The van der Waals surface area contributed by atoms with Gasteiger partial charge < -0.3 is 4.43 Å². The molecule has 4 heteroatoms. The van der Waals surface area contributed by atoms with Crippen LogP contribution in [0.3, 0.4) is 0 Å². The number of rotatable bonds is 5. The van der Waals surface area contributed by atoms with Crippen LogP contribution in [0.25, 0.3) is 0 Å². The van der Waals surface area contributed by atoms with Crippen LogP contribution in [0.5, 0.6) is 0 Å². The first-order valence-corrected chi connectivity index (χ1v) is 8.33. The van der Waals surface area contributed by atoms with E-state index in [1.54, 1.807) is 7.05 Å². The fourth-order valence-corrected chi connectivity index (χ4v) is 1.79. The van der Waals surface area contributed by atoms with Gasteiger partial charge in [-0.1, -0.05) is 6.92 Å². The van der Waals surface area contributed by atoms with Crippen LogP contribution >= 0.6 is 0 Å². The Morgan fingerprint density at radius 3 is 2.29 bits per heavy atom. The highest BCUT2D eigenvalue weighted by Crippen LogP contribution is 2.12. The molecule has 0 aliphatic carbocycles. The smallest absolute Gasteiger partial charge is 0.244 e. The van der Waals surface area contributed by atoms with Crippen LogP contribution < -0.4 is 0 Å². The van der Waals surface area contributed by atoms with Crippen LogP contribution in [-0.4, -0.2) is 26.2 Å². The van der Waals surface area contributed by atoms with Gasteiger partial charge in [-0.15, -0.1) is 0 Å². The van der Waals surface area contributed by atoms with Crippen molar-refractivity contribution in [3.63, 3.8) is 0 Å². The average molecular weight is 215 g/mol. The fourth-order valence-electron chi connectivity index (χ4n) is 0.943. The molecule has 0 fully saturated rings. The van der Waals surface area contributed by atoms with Gasteiger partial charge in [0.25, 0.3) is 0 Å². The zero-order valence-corrected chi connectivity index (χ0v) is 10.9. The maximum absolute atomic E-state index is 11.5. The molecule has 0 aromatic heterocycles. The van der Waals surface area contributed by atoms with E-state index in [9.17, 15) is 4.79 Å². The summed E-state index contributed by atoms with van der Waals surface area (Å²) >= 11 is 0. The van der Waals surface area contributed by atoms with Crippen molar-refractivity contribution in [1.29, 1.82) is 0 Å². The van der Waals surface area contributed by atoms with Gasteiger partial charge in [0.15, 0.2) is 5.88 Å². The fraction of sp³-hybridized carbons (Fsp3) is 0.700. The van der Waals surface area contributed by atoms with Crippen molar-refractivity contribution in [2.24, 2.45) is 0 Å². The molecular weight excluding hydrogens is 194 g/mol. The van der Waals surface area contributed by atoms with Crippen LogP contribution in [0.15, 0.2) is 12.5 Å². The molecule has 0 saturated carbocycles. The van der Waals surface area contributed by atoms with Crippen molar-refractivity contribution in [2.45, 2.75) is 39.4 Å². The lowest BCUT2D eigenvalue weighted by molar-refractivity contribution is -0.129. The van der Waals surface area contributed by atoms with Crippen molar-refractivity contribution in [3.05, 3.63) is 12.5 Å². The number of carbonyl (C=O) groups excluding carboxylic acids is 1. The molecule has 14 heavy (non-hydrogen) atoms. The summed E-state index contributed by atoms with van der Waals surface area (Å²) in [5, 5.41) is 0. The molecule has 0 atom stereocenters. The quantitative estimate of drug-likeness (QED) is 0.521. The highest BCUT2D eigenvalue weighted by molar-refractivity contribution is 6.70. The van der Waals surface area contributed by atoms with E-state index in [-0.39, 0.29) is 5.91 Å². The third kappa shape index (κ3) is 5.06. The number of carbonyl (C=O) groups is 1. The molecular formula is C10H21NO2Si. The molecule has 0 unspecified atom stereocenters. The van der Waals surface area contributed by atoms with Gasteiger partial charge in [0.1, 0.15) is 0 Å². The minimum absolute atomic E-state index is 0.0655. The Morgan fingerprint density at radius 1 is 1.43 bits per heavy atom. The van der Waals surface area contributed by atoms with E-state index in [0.717, 1.165) is 6.42 Å².